The summed E-state index contributed by atoms with van der Waals surface area (Å²) in [5.74, 6) is -0.557. The van der Waals surface area contributed by atoms with E-state index in [2.05, 4.69) is 10.2 Å². The molecular formula is C20H21F3N2O. The highest BCUT2D eigenvalue weighted by Crippen LogP contribution is 2.29. The number of hydrogen-bond donors (Lipinski definition) is 1. The molecule has 1 aliphatic heterocycles. The summed E-state index contributed by atoms with van der Waals surface area (Å²) in [6.45, 7) is 2.05. The number of halogens is 3. The van der Waals surface area contributed by atoms with Gasteiger partial charge in [0.25, 0.3) is 5.91 Å². The Hall–Kier alpha value is -2.50. The molecule has 0 aliphatic carbocycles. The molecule has 1 N–H and O–H groups in total. The molecule has 0 aromatic heterocycles. The minimum atomic E-state index is -4.47. The topological polar surface area (TPSA) is 32.3 Å². The molecule has 0 saturated carbocycles. The molecular weight excluding hydrogens is 341 g/mol. The van der Waals surface area contributed by atoms with E-state index in [0.29, 0.717) is 5.69 Å². The second kappa shape index (κ2) is 7.81. The van der Waals surface area contributed by atoms with Crippen molar-refractivity contribution in [2.24, 2.45) is 0 Å². The van der Waals surface area contributed by atoms with Crippen molar-refractivity contribution in [1.29, 1.82) is 0 Å². The number of hydrogen-bond acceptors (Lipinski definition) is 2. The number of carbonyl (C=O) groups is 1. The first kappa shape index (κ1) is 18.3. The summed E-state index contributed by atoms with van der Waals surface area (Å²) in [4.78, 5) is 14.6. The van der Waals surface area contributed by atoms with Crippen LogP contribution in [0, 0.1) is 0 Å². The molecule has 0 unspecified atom stereocenters. The van der Waals surface area contributed by atoms with Gasteiger partial charge in [0, 0.05) is 30.0 Å². The fraction of sp³-hybridized carbons (Fsp3) is 0.350. The number of rotatable bonds is 3. The Balaban J connectivity index is 1.68. The van der Waals surface area contributed by atoms with Crippen LogP contribution in [0.25, 0.3) is 0 Å². The van der Waals surface area contributed by atoms with Crippen molar-refractivity contribution in [3.05, 3.63) is 59.7 Å². The van der Waals surface area contributed by atoms with Gasteiger partial charge in [-0.3, -0.25) is 4.79 Å². The average Bonchev–Trinajstić information content (AvgIpc) is 2.91. The third-order valence-corrected chi connectivity index (χ3v) is 4.55. The van der Waals surface area contributed by atoms with E-state index in [1.807, 2.05) is 12.1 Å². The highest BCUT2D eigenvalue weighted by atomic mass is 19.4. The molecule has 6 heteroatoms. The van der Waals surface area contributed by atoms with E-state index in [-0.39, 0.29) is 5.56 Å². The molecule has 1 fully saturated rings. The Labute approximate surface area is 150 Å². The maximum absolute atomic E-state index is 12.8. The van der Waals surface area contributed by atoms with Gasteiger partial charge < -0.3 is 10.2 Å². The fourth-order valence-corrected chi connectivity index (χ4v) is 3.12. The van der Waals surface area contributed by atoms with Crippen LogP contribution in [0.2, 0.25) is 0 Å². The molecule has 2 aromatic carbocycles. The van der Waals surface area contributed by atoms with Crippen LogP contribution in [0.4, 0.5) is 24.5 Å². The number of anilines is 2. The van der Waals surface area contributed by atoms with Gasteiger partial charge in [-0.05, 0) is 55.3 Å². The van der Waals surface area contributed by atoms with Gasteiger partial charge in [0.05, 0.1) is 5.56 Å². The smallest absolute Gasteiger partial charge is 0.372 e. The van der Waals surface area contributed by atoms with Gasteiger partial charge in [0.2, 0.25) is 0 Å². The number of benzene rings is 2. The van der Waals surface area contributed by atoms with Crippen LogP contribution in [0.1, 0.15) is 41.6 Å². The fourth-order valence-electron chi connectivity index (χ4n) is 3.12. The number of carbonyl (C=O) groups excluding carboxylic acids is 1. The summed E-state index contributed by atoms with van der Waals surface area (Å²) < 4.78 is 38.3. The predicted octanol–water partition coefficient (Wildman–Crippen LogP) is 5.34. The number of alkyl halides is 3. The van der Waals surface area contributed by atoms with Crippen LogP contribution in [0.15, 0.2) is 48.5 Å². The van der Waals surface area contributed by atoms with E-state index in [1.165, 1.54) is 37.8 Å². The molecule has 26 heavy (non-hydrogen) atoms. The lowest BCUT2D eigenvalue weighted by Crippen LogP contribution is -2.23. The van der Waals surface area contributed by atoms with E-state index < -0.39 is 17.6 Å². The van der Waals surface area contributed by atoms with Crippen molar-refractivity contribution in [3.8, 4) is 0 Å². The van der Waals surface area contributed by atoms with Crippen LogP contribution in [0.3, 0.4) is 0 Å². The summed E-state index contributed by atoms with van der Waals surface area (Å²) >= 11 is 0. The van der Waals surface area contributed by atoms with E-state index in [0.717, 1.165) is 30.9 Å². The summed E-state index contributed by atoms with van der Waals surface area (Å²) in [5.41, 5.74) is 0.813. The monoisotopic (exact) mass is 362 g/mol. The van der Waals surface area contributed by atoms with Crippen molar-refractivity contribution in [2.45, 2.75) is 31.9 Å². The molecule has 1 heterocycles. The molecule has 1 aliphatic rings. The molecule has 1 amide bonds. The van der Waals surface area contributed by atoms with Crippen molar-refractivity contribution in [2.75, 3.05) is 23.3 Å². The van der Waals surface area contributed by atoms with Gasteiger partial charge in [-0.25, -0.2) is 0 Å². The number of amides is 1. The zero-order valence-electron chi connectivity index (χ0n) is 14.4. The lowest BCUT2D eigenvalue weighted by molar-refractivity contribution is -0.137. The second-order valence-corrected chi connectivity index (χ2v) is 6.48. The maximum Gasteiger partial charge on any atom is 0.416 e. The van der Waals surface area contributed by atoms with Crippen LogP contribution >= 0.6 is 0 Å². The van der Waals surface area contributed by atoms with Gasteiger partial charge in [0.15, 0.2) is 0 Å². The molecule has 0 atom stereocenters. The van der Waals surface area contributed by atoms with E-state index >= 15 is 0 Å². The third-order valence-electron chi connectivity index (χ3n) is 4.55. The minimum absolute atomic E-state index is 0.0172. The molecule has 1 saturated heterocycles. The maximum atomic E-state index is 12.8. The van der Waals surface area contributed by atoms with Crippen LogP contribution in [-0.2, 0) is 6.18 Å². The Morgan fingerprint density at radius 1 is 0.923 bits per heavy atom. The number of nitrogens with one attached hydrogen (secondary N) is 1. The first-order valence-corrected chi connectivity index (χ1v) is 8.77. The quantitative estimate of drug-likeness (QED) is 0.799. The van der Waals surface area contributed by atoms with Crippen molar-refractivity contribution in [3.63, 3.8) is 0 Å². The Morgan fingerprint density at radius 2 is 1.58 bits per heavy atom. The van der Waals surface area contributed by atoms with Crippen molar-refractivity contribution < 1.29 is 18.0 Å². The van der Waals surface area contributed by atoms with Gasteiger partial charge in [-0.15, -0.1) is 0 Å². The molecule has 0 spiro atoms. The van der Waals surface area contributed by atoms with Gasteiger partial charge in [0.1, 0.15) is 0 Å². The second-order valence-electron chi connectivity index (χ2n) is 6.48. The standard InChI is InChI=1S/C20H21F3N2O/c21-20(22,23)16-7-5-6-15(14-16)19(26)24-17-8-10-18(11-9-17)25-12-3-1-2-4-13-25/h5-11,14H,1-4,12-13H2,(H,24,26). The lowest BCUT2D eigenvalue weighted by Gasteiger charge is -2.22. The largest absolute Gasteiger partial charge is 0.416 e. The number of nitrogens with zero attached hydrogens (tertiary/aromatic N) is 1. The molecule has 0 bridgehead atoms. The third kappa shape index (κ3) is 4.56. The van der Waals surface area contributed by atoms with Crippen LogP contribution in [-0.4, -0.2) is 19.0 Å². The van der Waals surface area contributed by atoms with Crippen molar-refractivity contribution in [1.82, 2.24) is 0 Å². The molecule has 3 nitrogen and oxygen atoms in total. The van der Waals surface area contributed by atoms with Gasteiger partial charge in [-0.1, -0.05) is 18.9 Å². The molecule has 0 radical (unpaired) electrons. The molecule has 138 valence electrons. The van der Waals surface area contributed by atoms with Gasteiger partial charge in [-0.2, -0.15) is 13.2 Å². The summed E-state index contributed by atoms with van der Waals surface area (Å²) in [5, 5.41) is 2.65. The Bertz CT molecular complexity index is 748. The zero-order chi connectivity index (χ0) is 18.6. The summed E-state index contributed by atoms with van der Waals surface area (Å²) in [6.07, 6.45) is 0.385. The Kier molecular flexibility index (Phi) is 5.49. The van der Waals surface area contributed by atoms with Crippen LogP contribution in [0.5, 0.6) is 0 Å². The molecule has 3 rings (SSSR count). The predicted molar refractivity (Wildman–Crippen MR) is 96.5 cm³/mol. The van der Waals surface area contributed by atoms with E-state index in [1.54, 1.807) is 12.1 Å². The normalized spacial score (nSPS) is 15.4. The summed E-state index contributed by atoms with van der Waals surface area (Å²) in [7, 11) is 0. The Morgan fingerprint density at radius 3 is 2.19 bits per heavy atom. The highest BCUT2D eigenvalue weighted by molar-refractivity contribution is 6.04. The first-order valence-electron chi connectivity index (χ1n) is 8.77. The average molecular weight is 362 g/mol. The molecule has 2 aromatic rings. The summed E-state index contributed by atoms with van der Waals surface area (Å²) in [6, 6.07) is 11.9. The van der Waals surface area contributed by atoms with E-state index in [9.17, 15) is 18.0 Å². The zero-order valence-corrected chi connectivity index (χ0v) is 14.4. The first-order chi connectivity index (χ1) is 12.4. The highest BCUT2D eigenvalue weighted by Gasteiger charge is 2.30. The minimum Gasteiger partial charge on any atom is -0.372 e. The van der Waals surface area contributed by atoms with E-state index in [4.69, 9.17) is 0 Å². The SMILES string of the molecule is O=C(Nc1ccc(N2CCCCCC2)cc1)c1cccc(C(F)(F)F)c1. The van der Waals surface area contributed by atoms with Gasteiger partial charge >= 0.3 is 6.18 Å². The van der Waals surface area contributed by atoms with Crippen molar-refractivity contribution >= 4 is 17.3 Å². The van der Waals surface area contributed by atoms with Crippen LogP contribution < -0.4 is 10.2 Å². The lowest BCUT2D eigenvalue weighted by atomic mass is 10.1.